The van der Waals surface area contributed by atoms with Gasteiger partial charge >= 0.3 is 0 Å². The Hall–Kier alpha value is -0.910. The molecule has 0 aliphatic heterocycles. The van der Waals surface area contributed by atoms with E-state index in [4.69, 9.17) is 0 Å². The van der Waals surface area contributed by atoms with E-state index in [1.807, 2.05) is 44.2 Å². The maximum absolute atomic E-state index is 12.2. The average molecular weight is 284 g/mol. The Bertz CT molecular complexity index is 446. The highest BCUT2D eigenvalue weighted by molar-refractivity contribution is 7.89. The Morgan fingerprint density at radius 2 is 1.84 bits per heavy atom. The Morgan fingerprint density at radius 3 is 2.42 bits per heavy atom. The predicted molar refractivity (Wildman–Crippen MR) is 79.5 cm³/mol. The molecular weight excluding hydrogens is 260 g/mol. The second kappa shape index (κ2) is 8.30. The van der Waals surface area contributed by atoms with Crippen molar-refractivity contribution in [2.24, 2.45) is 0 Å². The first kappa shape index (κ1) is 16.1. The number of sulfonamides is 1. The van der Waals surface area contributed by atoms with Crippen molar-refractivity contribution in [1.82, 2.24) is 9.62 Å². The lowest BCUT2D eigenvalue weighted by molar-refractivity contribution is 0.422. The van der Waals surface area contributed by atoms with Gasteiger partial charge < -0.3 is 5.32 Å². The molecule has 19 heavy (non-hydrogen) atoms. The van der Waals surface area contributed by atoms with E-state index in [2.05, 4.69) is 5.32 Å². The number of hydrogen-bond acceptors (Lipinski definition) is 3. The standard InChI is InChI=1S/C14H24N2O2S/c1-3-15-11-8-12-19(17,18)16(4-2)13-14-9-6-5-7-10-14/h5-7,9-10,15H,3-4,8,11-13H2,1-2H3. The summed E-state index contributed by atoms with van der Waals surface area (Å²) in [5.41, 5.74) is 1.03. The summed E-state index contributed by atoms with van der Waals surface area (Å²) in [6, 6.07) is 9.71. The molecule has 0 amide bonds. The summed E-state index contributed by atoms with van der Waals surface area (Å²) in [5, 5.41) is 3.14. The second-order valence-corrected chi connectivity index (χ2v) is 6.52. The van der Waals surface area contributed by atoms with Gasteiger partial charge in [-0.2, -0.15) is 4.31 Å². The van der Waals surface area contributed by atoms with Gasteiger partial charge in [-0.1, -0.05) is 44.2 Å². The van der Waals surface area contributed by atoms with Crippen LogP contribution in [0, 0.1) is 0 Å². The number of hydrogen-bond donors (Lipinski definition) is 1. The minimum absolute atomic E-state index is 0.209. The zero-order valence-corrected chi connectivity index (χ0v) is 12.6. The van der Waals surface area contributed by atoms with Crippen LogP contribution in [0.2, 0.25) is 0 Å². The molecule has 0 spiro atoms. The molecule has 0 aliphatic rings. The van der Waals surface area contributed by atoms with Crippen LogP contribution in [0.1, 0.15) is 25.8 Å². The maximum atomic E-state index is 12.2. The van der Waals surface area contributed by atoms with Gasteiger partial charge in [-0.3, -0.25) is 0 Å². The zero-order valence-electron chi connectivity index (χ0n) is 11.8. The summed E-state index contributed by atoms with van der Waals surface area (Å²) in [6.45, 7) is 6.49. The minimum Gasteiger partial charge on any atom is -0.317 e. The highest BCUT2D eigenvalue weighted by Crippen LogP contribution is 2.10. The van der Waals surface area contributed by atoms with E-state index in [9.17, 15) is 8.42 Å². The van der Waals surface area contributed by atoms with Crippen molar-refractivity contribution in [2.45, 2.75) is 26.8 Å². The number of benzene rings is 1. The molecule has 0 aliphatic carbocycles. The maximum Gasteiger partial charge on any atom is 0.214 e. The smallest absolute Gasteiger partial charge is 0.214 e. The fourth-order valence-electron chi connectivity index (χ4n) is 1.88. The average Bonchev–Trinajstić information content (AvgIpc) is 2.42. The summed E-state index contributed by atoms with van der Waals surface area (Å²) in [5.74, 6) is 0.209. The summed E-state index contributed by atoms with van der Waals surface area (Å²) in [7, 11) is -3.16. The van der Waals surface area contributed by atoms with Crippen molar-refractivity contribution < 1.29 is 8.42 Å². The van der Waals surface area contributed by atoms with Gasteiger partial charge in [0.05, 0.1) is 5.75 Å². The zero-order chi connectivity index (χ0) is 14.1. The van der Waals surface area contributed by atoms with Gasteiger partial charge in [-0.25, -0.2) is 8.42 Å². The lowest BCUT2D eigenvalue weighted by Gasteiger charge is -2.20. The minimum atomic E-state index is -3.16. The lowest BCUT2D eigenvalue weighted by Crippen LogP contribution is -2.33. The molecule has 0 fully saturated rings. The highest BCUT2D eigenvalue weighted by Gasteiger charge is 2.19. The topological polar surface area (TPSA) is 49.4 Å². The molecule has 0 radical (unpaired) electrons. The molecule has 0 atom stereocenters. The van der Waals surface area contributed by atoms with Gasteiger partial charge in [0.15, 0.2) is 0 Å². The Balaban J connectivity index is 2.57. The van der Waals surface area contributed by atoms with Gasteiger partial charge in [-0.15, -0.1) is 0 Å². The van der Waals surface area contributed by atoms with Crippen LogP contribution >= 0.6 is 0 Å². The molecule has 108 valence electrons. The van der Waals surface area contributed by atoms with Crippen LogP contribution in [0.25, 0.3) is 0 Å². The van der Waals surface area contributed by atoms with Crippen LogP contribution in [0.5, 0.6) is 0 Å². The molecule has 0 aromatic heterocycles. The summed E-state index contributed by atoms with van der Waals surface area (Å²) < 4.78 is 26.0. The van der Waals surface area contributed by atoms with Gasteiger partial charge in [0, 0.05) is 13.1 Å². The molecule has 1 N–H and O–H groups in total. The molecule has 1 aromatic carbocycles. The van der Waals surface area contributed by atoms with Crippen LogP contribution < -0.4 is 5.32 Å². The third-order valence-corrected chi connectivity index (χ3v) is 4.93. The van der Waals surface area contributed by atoms with E-state index in [0.29, 0.717) is 19.5 Å². The predicted octanol–water partition coefficient (Wildman–Crippen LogP) is 1.84. The lowest BCUT2D eigenvalue weighted by atomic mass is 10.2. The van der Waals surface area contributed by atoms with E-state index in [-0.39, 0.29) is 5.75 Å². The van der Waals surface area contributed by atoms with Gasteiger partial charge in [-0.05, 0) is 25.1 Å². The Kier molecular flexibility index (Phi) is 7.05. The summed E-state index contributed by atoms with van der Waals surface area (Å²) in [4.78, 5) is 0. The van der Waals surface area contributed by atoms with Crippen molar-refractivity contribution in [1.29, 1.82) is 0 Å². The van der Waals surface area contributed by atoms with Crippen LogP contribution in [-0.2, 0) is 16.6 Å². The summed E-state index contributed by atoms with van der Waals surface area (Å²) >= 11 is 0. The third kappa shape index (κ3) is 5.72. The van der Waals surface area contributed by atoms with Gasteiger partial charge in [0.2, 0.25) is 10.0 Å². The molecule has 5 heteroatoms. The monoisotopic (exact) mass is 284 g/mol. The van der Waals surface area contributed by atoms with Crippen LogP contribution in [-0.4, -0.2) is 38.1 Å². The van der Waals surface area contributed by atoms with Crippen molar-refractivity contribution >= 4 is 10.0 Å². The molecule has 4 nitrogen and oxygen atoms in total. The van der Waals surface area contributed by atoms with Crippen LogP contribution in [0.3, 0.4) is 0 Å². The summed E-state index contributed by atoms with van der Waals surface area (Å²) in [6.07, 6.45) is 0.654. The quantitative estimate of drug-likeness (QED) is 0.704. The molecule has 0 saturated carbocycles. The van der Waals surface area contributed by atoms with Crippen molar-refractivity contribution in [2.75, 3.05) is 25.4 Å². The molecule has 0 unspecified atom stereocenters. The SMILES string of the molecule is CCNCCCS(=O)(=O)N(CC)Cc1ccccc1. The molecule has 0 saturated heterocycles. The van der Waals surface area contributed by atoms with E-state index in [0.717, 1.165) is 18.7 Å². The van der Waals surface area contributed by atoms with E-state index in [1.54, 1.807) is 4.31 Å². The Morgan fingerprint density at radius 1 is 1.16 bits per heavy atom. The van der Waals surface area contributed by atoms with Gasteiger partial charge in [0.1, 0.15) is 0 Å². The molecule has 0 bridgehead atoms. The first-order valence-corrected chi connectivity index (χ1v) is 8.43. The number of nitrogens with zero attached hydrogens (tertiary/aromatic N) is 1. The first-order chi connectivity index (χ1) is 9.10. The van der Waals surface area contributed by atoms with Crippen molar-refractivity contribution in [3.8, 4) is 0 Å². The van der Waals surface area contributed by atoms with Crippen LogP contribution in [0.4, 0.5) is 0 Å². The van der Waals surface area contributed by atoms with E-state index < -0.39 is 10.0 Å². The van der Waals surface area contributed by atoms with E-state index in [1.165, 1.54) is 0 Å². The van der Waals surface area contributed by atoms with E-state index >= 15 is 0 Å². The molecular formula is C14H24N2O2S. The molecule has 1 aromatic rings. The number of nitrogens with one attached hydrogen (secondary N) is 1. The highest BCUT2D eigenvalue weighted by atomic mass is 32.2. The van der Waals surface area contributed by atoms with Crippen LogP contribution in [0.15, 0.2) is 30.3 Å². The fourth-order valence-corrected chi connectivity index (χ4v) is 3.39. The largest absolute Gasteiger partial charge is 0.317 e. The number of rotatable bonds is 9. The Labute approximate surface area is 116 Å². The van der Waals surface area contributed by atoms with Crippen molar-refractivity contribution in [3.63, 3.8) is 0 Å². The molecule has 0 heterocycles. The normalized spacial score (nSPS) is 11.9. The van der Waals surface area contributed by atoms with Crippen molar-refractivity contribution in [3.05, 3.63) is 35.9 Å². The first-order valence-electron chi connectivity index (χ1n) is 6.82. The van der Waals surface area contributed by atoms with Gasteiger partial charge in [0.25, 0.3) is 0 Å². The third-order valence-electron chi connectivity index (χ3n) is 2.95. The molecule has 1 rings (SSSR count). The second-order valence-electron chi connectivity index (χ2n) is 4.43. The fraction of sp³-hybridized carbons (Fsp3) is 0.571.